The van der Waals surface area contributed by atoms with Gasteiger partial charge in [-0.05, 0) is 19.3 Å². The molecule has 0 spiro atoms. The molecule has 0 radical (unpaired) electrons. The molecule has 4 nitrogen and oxygen atoms in total. The highest BCUT2D eigenvalue weighted by Gasteiger charge is 2.21. The van der Waals surface area contributed by atoms with Gasteiger partial charge in [-0.2, -0.15) is 0 Å². The van der Waals surface area contributed by atoms with Gasteiger partial charge >= 0.3 is 0 Å². The molecule has 0 aromatic carbocycles. The minimum absolute atomic E-state index is 0.152. The first-order valence-corrected chi connectivity index (χ1v) is 3.93. The summed E-state index contributed by atoms with van der Waals surface area (Å²) in [5.41, 5.74) is 8.10. The van der Waals surface area contributed by atoms with Crippen LogP contribution in [0.2, 0.25) is 0 Å². The third-order valence-electron chi connectivity index (χ3n) is 2.22. The van der Waals surface area contributed by atoms with Crippen LogP contribution in [0.1, 0.15) is 30.3 Å². The SMILES string of the molecule is Cn1nnc2c1C(N)CCC2. The van der Waals surface area contributed by atoms with Gasteiger partial charge in [-0.15, -0.1) is 5.10 Å². The highest BCUT2D eigenvalue weighted by atomic mass is 15.4. The molecule has 1 aliphatic rings. The van der Waals surface area contributed by atoms with E-state index in [2.05, 4.69) is 10.3 Å². The lowest BCUT2D eigenvalue weighted by molar-refractivity contribution is 0.527. The fraction of sp³-hybridized carbons (Fsp3) is 0.714. The van der Waals surface area contributed by atoms with E-state index >= 15 is 0 Å². The van der Waals surface area contributed by atoms with Crippen molar-refractivity contribution in [1.29, 1.82) is 0 Å². The van der Waals surface area contributed by atoms with Crippen LogP contribution in [0.25, 0.3) is 0 Å². The number of nitrogens with two attached hydrogens (primary N) is 1. The van der Waals surface area contributed by atoms with E-state index in [0.29, 0.717) is 0 Å². The Balaban J connectivity index is 2.48. The van der Waals surface area contributed by atoms with E-state index in [-0.39, 0.29) is 6.04 Å². The lowest BCUT2D eigenvalue weighted by Crippen LogP contribution is -2.19. The van der Waals surface area contributed by atoms with E-state index in [9.17, 15) is 0 Å². The van der Waals surface area contributed by atoms with Crippen LogP contribution in [0.5, 0.6) is 0 Å². The topological polar surface area (TPSA) is 56.7 Å². The van der Waals surface area contributed by atoms with E-state index in [1.54, 1.807) is 4.68 Å². The number of hydrogen-bond donors (Lipinski definition) is 1. The number of aromatic nitrogens is 3. The van der Waals surface area contributed by atoms with E-state index in [1.807, 2.05) is 7.05 Å². The zero-order chi connectivity index (χ0) is 7.84. The summed E-state index contributed by atoms with van der Waals surface area (Å²) in [4.78, 5) is 0. The molecule has 2 rings (SSSR count). The molecule has 1 aromatic rings. The first-order valence-electron chi connectivity index (χ1n) is 3.93. The van der Waals surface area contributed by atoms with Crippen molar-refractivity contribution in [3.05, 3.63) is 11.4 Å². The highest BCUT2D eigenvalue weighted by molar-refractivity contribution is 5.17. The fourth-order valence-corrected chi connectivity index (χ4v) is 1.67. The molecule has 0 bridgehead atoms. The maximum absolute atomic E-state index is 5.89. The molecular formula is C7H12N4. The van der Waals surface area contributed by atoms with Crippen LogP contribution >= 0.6 is 0 Å². The summed E-state index contributed by atoms with van der Waals surface area (Å²) in [6.45, 7) is 0. The van der Waals surface area contributed by atoms with E-state index in [4.69, 9.17) is 5.73 Å². The molecule has 2 N–H and O–H groups in total. The number of aryl methyl sites for hydroxylation is 2. The summed E-state index contributed by atoms with van der Waals surface area (Å²) in [7, 11) is 1.90. The maximum atomic E-state index is 5.89. The molecule has 0 saturated heterocycles. The number of nitrogens with zero attached hydrogens (tertiary/aromatic N) is 3. The smallest absolute Gasteiger partial charge is 0.0875 e. The predicted octanol–water partition coefficient (Wildman–Crippen LogP) is 0.151. The lowest BCUT2D eigenvalue weighted by atomic mass is 9.97. The number of fused-ring (bicyclic) bond motifs is 1. The summed E-state index contributed by atoms with van der Waals surface area (Å²) in [5.74, 6) is 0. The van der Waals surface area contributed by atoms with Gasteiger partial charge in [-0.25, -0.2) is 0 Å². The van der Waals surface area contributed by atoms with Gasteiger partial charge in [0.15, 0.2) is 0 Å². The monoisotopic (exact) mass is 152 g/mol. The second-order valence-corrected chi connectivity index (χ2v) is 3.04. The average molecular weight is 152 g/mol. The Morgan fingerprint density at radius 3 is 3.18 bits per heavy atom. The number of rotatable bonds is 0. The third kappa shape index (κ3) is 0.939. The molecule has 60 valence electrons. The van der Waals surface area contributed by atoms with Crippen molar-refractivity contribution >= 4 is 0 Å². The van der Waals surface area contributed by atoms with Gasteiger partial charge in [-0.1, -0.05) is 5.21 Å². The third-order valence-corrected chi connectivity index (χ3v) is 2.22. The normalized spacial score (nSPS) is 23.3. The zero-order valence-corrected chi connectivity index (χ0v) is 6.62. The molecule has 0 aliphatic heterocycles. The van der Waals surface area contributed by atoms with E-state index in [0.717, 1.165) is 30.7 Å². The van der Waals surface area contributed by atoms with Gasteiger partial charge in [-0.3, -0.25) is 4.68 Å². The minimum atomic E-state index is 0.152. The molecule has 0 saturated carbocycles. The van der Waals surface area contributed by atoms with Crippen LogP contribution in [0, 0.1) is 0 Å². The van der Waals surface area contributed by atoms with Crippen LogP contribution < -0.4 is 5.73 Å². The quantitative estimate of drug-likeness (QED) is 0.575. The second kappa shape index (κ2) is 2.30. The summed E-state index contributed by atoms with van der Waals surface area (Å²) in [6.07, 6.45) is 3.25. The second-order valence-electron chi connectivity index (χ2n) is 3.04. The summed E-state index contributed by atoms with van der Waals surface area (Å²) in [5, 5.41) is 7.98. The molecule has 1 heterocycles. The average Bonchev–Trinajstić information content (AvgIpc) is 2.34. The van der Waals surface area contributed by atoms with Gasteiger partial charge in [0.05, 0.1) is 11.4 Å². The van der Waals surface area contributed by atoms with Crippen molar-refractivity contribution in [3.63, 3.8) is 0 Å². The van der Waals surface area contributed by atoms with Crippen molar-refractivity contribution in [2.45, 2.75) is 25.3 Å². The Morgan fingerprint density at radius 1 is 1.64 bits per heavy atom. The Hall–Kier alpha value is -0.900. The highest BCUT2D eigenvalue weighted by Crippen LogP contribution is 2.24. The fourth-order valence-electron chi connectivity index (χ4n) is 1.67. The molecule has 1 atom stereocenters. The van der Waals surface area contributed by atoms with Gasteiger partial charge in [0, 0.05) is 13.1 Å². The standard InChI is InChI=1S/C7H12N4/c1-11-7-5(8)3-2-4-6(7)9-10-11/h5H,2-4,8H2,1H3. The van der Waals surface area contributed by atoms with Crippen LogP contribution in [0.4, 0.5) is 0 Å². The molecule has 1 unspecified atom stereocenters. The van der Waals surface area contributed by atoms with E-state index in [1.165, 1.54) is 0 Å². The van der Waals surface area contributed by atoms with Crippen molar-refractivity contribution in [3.8, 4) is 0 Å². The van der Waals surface area contributed by atoms with E-state index < -0.39 is 0 Å². The Bertz CT molecular complexity index is 265. The Kier molecular flexibility index (Phi) is 1.42. The Morgan fingerprint density at radius 2 is 2.45 bits per heavy atom. The largest absolute Gasteiger partial charge is 0.323 e. The minimum Gasteiger partial charge on any atom is -0.323 e. The zero-order valence-electron chi connectivity index (χ0n) is 6.62. The Labute approximate surface area is 65.4 Å². The molecular weight excluding hydrogens is 140 g/mol. The van der Waals surface area contributed by atoms with Gasteiger partial charge in [0.1, 0.15) is 0 Å². The summed E-state index contributed by atoms with van der Waals surface area (Å²) >= 11 is 0. The first-order chi connectivity index (χ1) is 5.29. The van der Waals surface area contributed by atoms with Crippen LogP contribution in [-0.2, 0) is 13.5 Å². The van der Waals surface area contributed by atoms with Gasteiger partial charge < -0.3 is 5.73 Å². The van der Waals surface area contributed by atoms with Crippen LogP contribution in [0.3, 0.4) is 0 Å². The molecule has 4 heteroatoms. The van der Waals surface area contributed by atoms with Crippen LogP contribution in [-0.4, -0.2) is 15.0 Å². The van der Waals surface area contributed by atoms with Crippen molar-refractivity contribution in [1.82, 2.24) is 15.0 Å². The van der Waals surface area contributed by atoms with Crippen molar-refractivity contribution < 1.29 is 0 Å². The molecule has 1 aromatic heterocycles. The number of hydrogen-bond acceptors (Lipinski definition) is 3. The lowest BCUT2D eigenvalue weighted by Gasteiger charge is -2.17. The molecule has 0 amide bonds. The first kappa shape index (κ1) is 6.79. The molecule has 0 fully saturated rings. The summed E-state index contributed by atoms with van der Waals surface area (Å²) in [6, 6.07) is 0.152. The molecule has 1 aliphatic carbocycles. The van der Waals surface area contributed by atoms with Gasteiger partial charge in [0.25, 0.3) is 0 Å². The van der Waals surface area contributed by atoms with Crippen molar-refractivity contribution in [2.24, 2.45) is 12.8 Å². The van der Waals surface area contributed by atoms with Crippen LogP contribution in [0.15, 0.2) is 0 Å². The summed E-state index contributed by atoms with van der Waals surface area (Å²) < 4.78 is 1.79. The molecule has 11 heavy (non-hydrogen) atoms. The maximum Gasteiger partial charge on any atom is 0.0875 e. The van der Waals surface area contributed by atoms with Gasteiger partial charge in [0.2, 0.25) is 0 Å². The predicted molar refractivity (Wildman–Crippen MR) is 40.9 cm³/mol. The van der Waals surface area contributed by atoms with Crippen molar-refractivity contribution in [2.75, 3.05) is 0 Å².